The molecule has 6 amide bonds. The zero-order chi connectivity index (χ0) is 36.9. The Labute approximate surface area is 300 Å². The fourth-order valence-electron chi connectivity index (χ4n) is 6.77. The van der Waals surface area contributed by atoms with Crippen molar-refractivity contribution in [2.24, 2.45) is 5.92 Å². The van der Waals surface area contributed by atoms with Crippen LogP contribution in [0.4, 0.5) is 4.79 Å². The van der Waals surface area contributed by atoms with Gasteiger partial charge in [0, 0.05) is 6.54 Å². The van der Waals surface area contributed by atoms with Crippen LogP contribution in [-0.2, 0) is 35.0 Å². The first kappa shape index (κ1) is 39.4. The molecule has 14 nitrogen and oxygen atoms in total. The molecule has 2 aromatic carbocycles. The van der Waals surface area contributed by atoms with Gasteiger partial charge in [-0.05, 0) is 43.4 Å². The van der Waals surface area contributed by atoms with Crippen LogP contribution in [0.15, 0.2) is 60.7 Å². The van der Waals surface area contributed by atoms with Crippen molar-refractivity contribution < 1.29 is 38.4 Å². The third-order valence-electron chi connectivity index (χ3n) is 9.43. The van der Waals surface area contributed by atoms with Crippen molar-refractivity contribution in [1.82, 2.24) is 31.1 Å². The van der Waals surface area contributed by atoms with Gasteiger partial charge in [0.25, 0.3) is 5.91 Å². The summed E-state index contributed by atoms with van der Waals surface area (Å²) in [6.45, 7) is 1.35. The highest BCUT2D eigenvalue weighted by Gasteiger charge is 2.48. The van der Waals surface area contributed by atoms with Crippen molar-refractivity contribution in [2.45, 2.75) is 88.7 Å². The number of likely N-dealkylation sites (N-methyl/N-ethyl adjacent to an activating group) is 1. The number of carbonyl (C=O) groups is 6. The number of nitrogens with one attached hydrogen (secondary N) is 4. The van der Waals surface area contributed by atoms with E-state index in [-0.39, 0.29) is 25.4 Å². The lowest BCUT2D eigenvalue weighted by molar-refractivity contribution is -0.140. The zero-order valence-corrected chi connectivity index (χ0v) is 30.2. The number of aliphatic hydroxyl groups is 1. The molecule has 6 unspecified atom stereocenters. The molecule has 15 heteroatoms. The van der Waals surface area contributed by atoms with Crippen molar-refractivity contribution in [3.05, 3.63) is 71.8 Å². The minimum atomic E-state index is -1.77. The van der Waals surface area contributed by atoms with E-state index in [0.29, 0.717) is 12.0 Å². The Balaban J connectivity index is 1.46. The van der Waals surface area contributed by atoms with Crippen LogP contribution in [0.3, 0.4) is 0 Å². The minimum Gasteiger partial charge on any atom is -0.450 e. The van der Waals surface area contributed by atoms with E-state index >= 15 is 0 Å². The molecule has 2 fully saturated rings. The standard InChI is InChI=1S/C36H49N6O8P/c1-3-13-26(31(44)33(46)38-20-28(43)40-30(35(48)50-51)25-18-11-6-12-19-25)39-32(45)27-22-41(21-23-14-7-4-8-15-23)36(49)42(27)34(47)29(37-2)24-16-9-5-10-17-24/h4,6-8,11-12,14-15,18-19,24,26-27,29-31,37,44H,3,5,9-10,13,16-17,20-22,51H2,1-2H3,(H,38,46)(H,39,45)(H,40,43). The molecule has 1 aliphatic heterocycles. The van der Waals surface area contributed by atoms with E-state index in [1.807, 2.05) is 46.7 Å². The van der Waals surface area contributed by atoms with Crippen LogP contribution in [0.25, 0.3) is 0 Å². The third kappa shape index (κ3) is 10.3. The first-order valence-electron chi connectivity index (χ1n) is 17.4. The van der Waals surface area contributed by atoms with E-state index in [2.05, 4.69) is 21.3 Å². The second-order valence-corrected chi connectivity index (χ2v) is 13.2. The molecule has 1 saturated carbocycles. The number of nitrogens with zero attached hydrogens (tertiary/aromatic N) is 2. The molecule has 2 aliphatic rings. The van der Waals surface area contributed by atoms with Crippen LogP contribution in [0.5, 0.6) is 0 Å². The first-order valence-corrected chi connectivity index (χ1v) is 17.9. The second-order valence-electron chi connectivity index (χ2n) is 13.0. The predicted octanol–water partition coefficient (Wildman–Crippen LogP) is 1.94. The van der Waals surface area contributed by atoms with Gasteiger partial charge in [-0.1, -0.05) is 93.3 Å². The molecule has 1 heterocycles. The Kier molecular flexibility index (Phi) is 14.9. The third-order valence-corrected chi connectivity index (χ3v) is 9.66. The summed E-state index contributed by atoms with van der Waals surface area (Å²) in [7, 11) is 3.51. The highest BCUT2D eigenvalue weighted by atomic mass is 31.0. The number of imide groups is 1. The molecule has 2 aromatic rings. The average molecular weight is 725 g/mol. The molecule has 51 heavy (non-hydrogen) atoms. The molecule has 1 aliphatic carbocycles. The summed E-state index contributed by atoms with van der Waals surface area (Å²) >= 11 is 0. The van der Waals surface area contributed by atoms with Gasteiger partial charge in [-0.2, -0.15) is 0 Å². The molecule has 4 rings (SSSR count). The maximum absolute atomic E-state index is 14.1. The van der Waals surface area contributed by atoms with Gasteiger partial charge in [0.05, 0.1) is 34.6 Å². The number of aliphatic hydroxyl groups excluding tert-OH is 1. The van der Waals surface area contributed by atoms with E-state index in [9.17, 15) is 33.9 Å². The number of carbonyl (C=O) groups excluding carboxylic acids is 6. The summed E-state index contributed by atoms with van der Waals surface area (Å²) < 4.78 is 4.73. The number of hydrogen-bond donors (Lipinski definition) is 5. The Hall–Kier alpha value is -4.39. The van der Waals surface area contributed by atoms with Crippen molar-refractivity contribution >= 4 is 45.1 Å². The van der Waals surface area contributed by atoms with E-state index in [0.717, 1.165) is 42.6 Å². The molecule has 6 atom stereocenters. The van der Waals surface area contributed by atoms with Gasteiger partial charge in [0.1, 0.15) is 6.04 Å². The molecule has 0 spiro atoms. The maximum atomic E-state index is 14.1. The van der Waals surface area contributed by atoms with Gasteiger partial charge >= 0.3 is 12.0 Å². The van der Waals surface area contributed by atoms with Gasteiger partial charge in [0.2, 0.25) is 17.7 Å². The van der Waals surface area contributed by atoms with E-state index < -0.39 is 72.4 Å². The smallest absolute Gasteiger partial charge is 0.335 e. The lowest BCUT2D eigenvalue weighted by atomic mass is 9.83. The predicted molar refractivity (Wildman–Crippen MR) is 191 cm³/mol. The molecule has 5 N–H and O–H groups in total. The summed E-state index contributed by atoms with van der Waals surface area (Å²) in [6, 6.07) is 13.0. The van der Waals surface area contributed by atoms with Crippen molar-refractivity contribution in [2.75, 3.05) is 20.1 Å². The summed E-state index contributed by atoms with van der Waals surface area (Å²) in [5, 5.41) is 21.8. The molecule has 0 aromatic heterocycles. The van der Waals surface area contributed by atoms with Crippen LogP contribution in [-0.4, -0.2) is 94.9 Å². The Morgan fingerprint density at radius 1 is 0.961 bits per heavy atom. The van der Waals surface area contributed by atoms with Crippen molar-refractivity contribution in [1.29, 1.82) is 0 Å². The fraction of sp³-hybridized carbons (Fsp3) is 0.500. The number of amides is 6. The minimum absolute atomic E-state index is 0.0148. The Bertz CT molecular complexity index is 1510. The molecular weight excluding hydrogens is 675 g/mol. The van der Waals surface area contributed by atoms with E-state index in [1.54, 1.807) is 37.4 Å². The lowest BCUT2D eigenvalue weighted by Gasteiger charge is -2.33. The monoisotopic (exact) mass is 724 g/mol. The fourth-order valence-corrected chi connectivity index (χ4v) is 6.91. The van der Waals surface area contributed by atoms with Gasteiger partial charge < -0.3 is 35.8 Å². The van der Waals surface area contributed by atoms with Gasteiger partial charge in [-0.3, -0.25) is 19.2 Å². The lowest BCUT2D eigenvalue weighted by Crippen LogP contribution is -2.59. The van der Waals surface area contributed by atoms with Crippen LogP contribution >= 0.6 is 9.47 Å². The van der Waals surface area contributed by atoms with Crippen molar-refractivity contribution in [3.63, 3.8) is 0 Å². The van der Waals surface area contributed by atoms with E-state index in [1.165, 1.54) is 4.90 Å². The van der Waals surface area contributed by atoms with Crippen molar-refractivity contribution in [3.8, 4) is 0 Å². The quantitative estimate of drug-likeness (QED) is 0.161. The average Bonchev–Trinajstić information content (AvgIpc) is 3.48. The van der Waals surface area contributed by atoms with Crippen LogP contribution < -0.4 is 21.3 Å². The normalized spacial score (nSPS) is 18.7. The summed E-state index contributed by atoms with van der Waals surface area (Å²) in [5.74, 6) is -3.54. The second kappa shape index (κ2) is 19.3. The number of hydrogen-bond acceptors (Lipinski definition) is 9. The van der Waals surface area contributed by atoms with Gasteiger partial charge in [0.15, 0.2) is 12.1 Å². The topological polar surface area (TPSA) is 186 Å². The first-order chi connectivity index (χ1) is 24.6. The van der Waals surface area contributed by atoms with Crippen LogP contribution in [0.2, 0.25) is 0 Å². The van der Waals surface area contributed by atoms with Gasteiger partial charge in [-0.15, -0.1) is 0 Å². The summed E-state index contributed by atoms with van der Waals surface area (Å²) in [6.07, 6.45) is 3.59. The SMILES string of the molecule is CCCC(NC(=O)C1CN(Cc2ccccc2)C(=O)N1C(=O)C(NC)C1CCCCC1)C(O)C(=O)NCC(=O)NC(C(=O)OP)c1ccccc1. The molecule has 276 valence electrons. The number of benzene rings is 2. The number of rotatable bonds is 16. The maximum Gasteiger partial charge on any atom is 0.335 e. The summed E-state index contributed by atoms with van der Waals surface area (Å²) in [5.41, 5.74) is 1.30. The van der Waals surface area contributed by atoms with E-state index in [4.69, 9.17) is 4.52 Å². The summed E-state index contributed by atoms with van der Waals surface area (Å²) in [4.78, 5) is 82.5. The molecule has 1 saturated heterocycles. The largest absolute Gasteiger partial charge is 0.450 e. The highest BCUT2D eigenvalue weighted by molar-refractivity contribution is 7.10. The van der Waals surface area contributed by atoms with Crippen LogP contribution in [0.1, 0.15) is 69.0 Å². The zero-order valence-electron chi connectivity index (χ0n) is 29.1. The Morgan fingerprint density at radius 3 is 2.22 bits per heavy atom. The molecular formula is C36H49N6O8P. The highest BCUT2D eigenvalue weighted by Crippen LogP contribution is 2.29. The van der Waals surface area contributed by atoms with Gasteiger partial charge in [-0.25, -0.2) is 14.5 Å². The Morgan fingerprint density at radius 2 is 1.61 bits per heavy atom. The van der Waals surface area contributed by atoms with Crippen LogP contribution in [0, 0.1) is 5.92 Å². The number of urea groups is 1. The molecule has 0 radical (unpaired) electrons. The molecule has 0 bridgehead atoms.